The Morgan fingerprint density at radius 2 is 1.02 bits per heavy atom. The van der Waals surface area contributed by atoms with Crippen molar-refractivity contribution in [2.75, 3.05) is 4.90 Å². The zero-order valence-electron chi connectivity index (χ0n) is 27.6. The second kappa shape index (κ2) is 9.69. The zero-order chi connectivity index (χ0) is 32.4. The van der Waals surface area contributed by atoms with Crippen LogP contribution in [0, 0.1) is 0 Å². The van der Waals surface area contributed by atoms with Crippen molar-refractivity contribution in [3.8, 4) is 22.3 Å². The minimum atomic E-state index is -0.0860. The number of rotatable bonds is 3. The van der Waals surface area contributed by atoms with Crippen molar-refractivity contribution >= 4 is 59.3 Å². The molecule has 2 aliphatic rings. The molecule has 8 aromatic rings. The molecule has 10 rings (SSSR count). The Morgan fingerprint density at radius 3 is 1.67 bits per heavy atom. The maximum atomic E-state index is 2.57. The molecule has 0 aliphatic heterocycles. The second-order valence-corrected chi connectivity index (χ2v) is 15.6. The van der Waals surface area contributed by atoms with Crippen LogP contribution in [0.2, 0.25) is 0 Å². The molecule has 0 atom stereocenters. The fourth-order valence-electron chi connectivity index (χ4n) is 8.93. The third-order valence-electron chi connectivity index (χ3n) is 11.3. The molecular weight excluding hydrogens is 599 g/mol. The number of thiophene rings is 1. The summed E-state index contributed by atoms with van der Waals surface area (Å²) in [6.45, 7) is 9.49. The van der Waals surface area contributed by atoms with Gasteiger partial charge in [-0.2, -0.15) is 0 Å². The maximum Gasteiger partial charge on any atom is 0.0543 e. The van der Waals surface area contributed by atoms with Crippen LogP contribution in [0.25, 0.3) is 53.2 Å². The highest BCUT2D eigenvalue weighted by atomic mass is 32.1. The SMILES string of the molecule is CC1(C)c2ccccc2-c2c(N(c3ccc4c(c3)sc3ccc5ccccc5c34)c3cccc4c3-c3ccccc3C4(C)C)cccc21. The van der Waals surface area contributed by atoms with Gasteiger partial charge in [-0.15, -0.1) is 11.3 Å². The summed E-state index contributed by atoms with van der Waals surface area (Å²) in [6.07, 6.45) is 0. The first-order valence-electron chi connectivity index (χ1n) is 16.9. The normalized spacial score (nSPS) is 15.0. The molecule has 7 aromatic carbocycles. The van der Waals surface area contributed by atoms with E-state index in [-0.39, 0.29) is 10.8 Å². The molecular formula is C46H35NS. The van der Waals surface area contributed by atoms with Crippen molar-refractivity contribution in [2.45, 2.75) is 38.5 Å². The van der Waals surface area contributed by atoms with Crippen molar-refractivity contribution in [1.82, 2.24) is 0 Å². The lowest BCUT2D eigenvalue weighted by atomic mass is 9.82. The van der Waals surface area contributed by atoms with Crippen LogP contribution in [-0.4, -0.2) is 0 Å². The summed E-state index contributed by atoms with van der Waals surface area (Å²) in [5.41, 5.74) is 14.4. The third-order valence-corrected chi connectivity index (χ3v) is 12.4. The molecule has 0 unspecified atom stereocenters. The van der Waals surface area contributed by atoms with Gasteiger partial charge in [-0.25, -0.2) is 0 Å². The number of benzene rings is 7. The first kappa shape index (κ1) is 27.9. The molecule has 0 amide bonds. The van der Waals surface area contributed by atoms with Gasteiger partial charge in [0.15, 0.2) is 0 Å². The monoisotopic (exact) mass is 633 g/mol. The Bertz CT molecular complexity index is 2530. The topological polar surface area (TPSA) is 3.24 Å². The van der Waals surface area contributed by atoms with E-state index in [2.05, 4.69) is 172 Å². The average Bonchev–Trinajstić information content (AvgIpc) is 3.69. The Hall–Kier alpha value is -5.18. The smallest absolute Gasteiger partial charge is 0.0543 e. The van der Waals surface area contributed by atoms with Gasteiger partial charge in [0.25, 0.3) is 0 Å². The van der Waals surface area contributed by atoms with Gasteiger partial charge in [-0.3, -0.25) is 0 Å². The van der Waals surface area contributed by atoms with E-state index < -0.39 is 0 Å². The van der Waals surface area contributed by atoms with Gasteiger partial charge in [-0.1, -0.05) is 137 Å². The number of nitrogens with zero attached hydrogens (tertiary/aromatic N) is 1. The van der Waals surface area contributed by atoms with Gasteiger partial charge < -0.3 is 4.90 Å². The number of hydrogen-bond donors (Lipinski definition) is 0. The molecule has 0 saturated heterocycles. The molecule has 2 heteroatoms. The first-order valence-corrected chi connectivity index (χ1v) is 17.8. The fraction of sp³-hybridized carbons (Fsp3) is 0.130. The third kappa shape index (κ3) is 3.61. The molecule has 2 aliphatic carbocycles. The maximum absolute atomic E-state index is 2.57. The minimum Gasteiger partial charge on any atom is -0.309 e. The van der Waals surface area contributed by atoms with E-state index in [0.717, 1.165) is 0 Å². The van der Waals surface area contributed by atoms with Crippen LogP contribution in [-0.2, 0) is 10.8 Å². The van der Waals surface area contributed by atoms with E-state index in [4.69, 9.17) is 0 Å². The van der Waals surface area contributed by atoms with Gasteiger partial charge in [0.2, 0.25) is 0 Å². The molecule has 0 radical (unpaired) electrons. The lowest BCUT2D eigenvalue weighted by molar-refractivity contribution is 0.660. The average molecular weight is 634 g/mol. The summed E-state index contributed by atoms with van der Waals surface area (Å²) in [6, 6.07) is 52.4. The molecule has 0 fully saturated rings. The molecule has 230 valence electrons. The molecule has 1 aromatic heterocycles. The quantitative estimate of drug-likeness (QED) is 0.187. The molecule has 48 heavy (non-hydrogen) atoms. The van der Waals surface area contributed by atoms with E-state index in [0.29, 0.717) is 0 Å². The molecule has 0 N–H and O–H groups in total. The van der Waals surface area contributed by atoms with E-state index in [1.54, 1.807) is 0 Å². The Kier molecular flexibility index (Phi) is 5.63. The Labute approximate surface area is 285 Å². The van der Waals surface area contributed by atoms with Gasteiger partial charge in [0, 0.05) is 47.8 Å². The van der Waals surface area contributed by atoms with Gasteiger partial charge in [0.05, 0.1) is 11.4 Å². The summed E-state index contributed by atoms with van der Waals surface area (Å²) in [4.78, 5) is 2.57. The van der Waals surface area contributed by atoms with Gasteiger partial charge >= 0.3 is 0 Å². The van der Waals surface area contributed by atoms with Gasteiger partial charge in [0.1, 0.15) is 0 Å². The number of hydrogen-bond acceptors (Lipinski definition) is 2. The summed E-state index contributed by atoms with van der Waals surface area (Å²) in [5.74, 6) is 0. The van der Waals surface area contributed by atoms with E-state index in [9.17, 15) is 0 Å². The predicted octanol–water partition coefficient (Wildman–Crippen LogP) is 13.3. The summed E-state index contributed by atoms with van der Waals surface area (Å²) >= 11 is 1.90. The van der Waals surface area contributed by atoms with Crippen molar-refractivity contribution in [2.24, 2.45) is 0 Å². The van der Waals surface area contributed by atoms with Crippen LogP contribution in [0.5, 0.6) is 0 Å². The highest BCUT2D eigenvalue weighted by Crippen LogP contribution is 2.58. The van der Waals surface area contributed by atoms with Crippen molar-refractivity contribution in [3.63, 3.8) is 0 Å². The van der Waals surface area contributed by atoms with E-state index in [1.807, 2.05) is 11.3 Å². The summed E-state index contributed by atoms with van der Waals surface area (Å²) in [7, 11) is 0. The molecule has 0 bridgehead atoms. The van der Waals surface area contributed by atoms with Crippen LogP contribution in [0.1, 0.15) is 49.9 Å². The van der Waals surface area contributed by atoms with Crippen LogP contribution < -0.4 is 4.90 Å². The van der Waals surface area contributed by atoms with Crippen molar-refractivity contribution in [3.05, 3.63) is 162 Å². The molecule has 0 spiro atoms. The van der Waals surface area contributed by atoms with Crippen LogP contribution in [0.15, 0.2) is 140 Å². The number of fused-ring (bicyclic) bond motifs is 11. The van der Waals surface area contributed by atoms with Crippen LogP contribution in [0.3, 0.4) is 0 Å². The zero-order valence-corrected chi connectivity index (χ0v) is 28.5. The van der Waals surface area contributed by atoms with E-state index >= 15 is 0 Å². The highest BCUT2D eigenvalue weighted by Gasteiger charge is 2.40. The minimum absolute atomic E-state index is 0.0860. The van der Waals surface area contributed by atoms with Crippen molar-refractivity contribution < 1.29 is 0 Å². The van der Waals surface area contributed by atoms with Gasteiger partial charge in [-0.05, 0) is 74.5 Å². The molecule has 1 nitrogen and oxygen atoms in total. The van der Waals surface area contributed by atoms with E-state index in [1.165, 1.54) is 92.5 Å². The highest BCUT2D eigenvalue weighted by molar-refractivity contribution is 7.26. The fourth-order valence-corrected chi connectivity index (χ4v) is 10.1. The summed E-state index contributed by atoms with van der Waals surface area (Å²) in [5, 5.41) is 5.30. The Balaban J connectivity index is 1.30. The lowest BCUT2D eigenvalue weighted by Gasteiger charge is -2.31. The predicted molar refractivity (Wildman–Crippen MR) is 207 cm³/mol. The molecule has 1 heterocycles. The Morgan fingerprint density at radius 1 is 0.458 bits per heavy atom. The standard InChI is InChI=1S/C46H35NS/c1-45(2)34-17-9-7-15-31(34)43-36(45)19-11-21-38(43)47(39-22-12-20-37-44(39)32-16-8-10-18-35(32)46(37,3)4)29-24-25-33-41(27-29)48-40-26-23-28-13-5-6-14-30(28)42(33)40/h5-27H,1-4H3. The second-order valence-electron chi connectivity index (χ2n) is 14.5. The molecule has 0 saturated carbocycles. The van der Waals surface area contributed by atoms with Crippen molar-refractivity contribution in [1.29, 1.82) is 0 Å². The number of anilines is 3. The largest absolute Gasteiger partial charge is 0.309 e. The lowest BCUT2D eigenvalue weighted by Crippen LogP contribution is -2.17. The van der Waals surface area contributed by atoms with Crippen LogP contribution >= 0.6 is 11.3 Å². The first-order chi connectivity index (χ1) is 23.3. The van der Waals surface area contributed by atoms with Crippen LogP contribution in [0.4, 0.5) is 17.1 Å². The summed E-state index contributed by atoms with van der Waals surface area (Å²) < 4.78 is 2.64.